The molecule has 0 spiro atoms. The Labute approximate surface area is 122 Å². The Kier molecular flexibility index (Phi) is 6.45. The summed E-state index contributed by atoms with van der Waals surface area (Å²) in [6.45, 7) is 5.69. The van der Waals surface area contributed by atoms with Crippen molar-refractivity contribution in [3.63, 3.8) is 0 Å². The van der Waals surface area contributed by atoms with Crippen molar-refractivity contribution >= 4 is 26.0 Å². The molecule has 0 fully saturated rings. The fourth-order valence-electron chi connectivity index (χ4n) is 1.55. The highest BCUT2D eigenvalue weighted by Crippen LogP contribution is 2.13. The lowest BCUT2D eigenvalue weighted by molar-refractivity contribution is 0.141. The van der Waals surface area contributed by atoms with Crippen LogP contribution >= 0.6 is 15.9 Å². The van der Waals surface area contributed by atoms with Gasteiger partial charge in [-0.2, -0.15) is 4.31 Å². The molecule has 110 valence electrons. The third-order valence-electron chi connectivity index (χ3n) is 2.74. The van der Waals surface area contributed by atoms with E-state index in [1.54, 1.807) is 13.1 Å². The Hall–Kier alpha value is -0.440. The highest BCUT2D eigenvalue weighted by molar-refractivity contribution is 9.09. The summed E-state index contributed by atoms with van der Waals surface area (Å²) >= 11 is 3.24. The van der Waals surface area contributed by atoms with Crippen LogP contribution in [0.1, 0.15) is 12.7 Å². The molecule has 0 aromatic carbocycles. The number of likely N-dealkylation sites (N-methyl/N-ethyl adjacent to an activating group) is 1. The van der Waals surface area contributed by atoms with Gasteiger partial charge in [-0.15, -0.1) is 0 Å². The Morgan fingerprint density at radius 3 is 2.68 bits per heavy atom. The van der Waals surface area contributed by atoms with Gasteiger partial charge in [0.05, 0.1) is 13.2 Å². The molecule has 0 amide bonds. The topological polar surface area (TPSA) is 64.4 Å². The molecule has 6 nitrogen and oxygen atoms in total. The minimum atomic E-state index is -3.53. The fourth-order valence-corrected chi connectivity index (χ4v) is 2.92. The van der Waals surface area contributed by atoms with Gasteiger partial charge in [0, 0.05) is 31.7 Å². The molecule has 0 radical (unpaired) electrons. The first-order valence-electron chi connectivity index (χ1n) is 6.07. The summed E-state index contributed by atoms with van der Waals surface area (Å²) in [7, 11) is -1.99. The van der Waals surface area contributed by atoms with Gasteiger partial charge >= 0.3 is 0 Å². The zero-order valence-electron chi connectivity index (χ0n) is 11.5. The molecule has 19 heavy (non-hydrogen) atoms. The van der Waals surface area contributed by atoms with Crippen molar-refractivity contribution in [1.82, 2.24) is 13.9 Å². The smallest absolute Gasteiger partial charge is 0.261 e. The lowest BCUT2D eigenvalue weighted by Crippen LogP contribution is -2.30. The van der Waals surface area contributed by atoms with Crippen molar-refractivity contribution in [3.8, 4) is 0 Å². The van der Waals surface area contributed by atoms with Crippen molar-refractivity contribution in [2.75, 3.05) is 32.1 Å². The van der Waals surface area contributed by atoms with Gasteiger partial charge in [0.15, 0.2) is 5.03 Å². The second-order valence-electron chi connectivity index (χ2n) is 4.04. The average Bonchev–Trinajstić information content (AvgIpc) is 2.76. The fraction of sp³-hybridized carbons (Fsp3) is 0.727. The lowest BCUT2D eigenvalue weighted by atomic mass is 10.6. The minimum Gasteiger partial charge on any atom is -0.379 e. The zero-order chi connectivity index (χ0) is 14.5. The largest absolute Gasteiger partial charge is 0.379 e. The molecule has 0 aliphatic carbocycles. The maximum absolute atomic E-state index is 12.3. The Morgan fingerprint density at radius 2 is 2.16 bits per heavy atom. The van der Waals surface area contributed by atoms with E-state index < -0.39 is 10.0 Å². The van der Waals surface area contributed by atoms with Gasteiger partial charge in [-0.05, 0) is 13.8 Å². The van der Waals surface area contributed by atoms with Gasteiger partial charge in [-0.3, -0.25) is 0 Å². The summed E-state index contributed by atoms with van der Waals surface area (Å²) in [4.78, 5) is 4.10. The van der Waals surface area contributed by atoms with Crippen molar-refractivity contribution in [2.24, 2.45) is 0 Å². The maximum Gasteiger partial charge on any atom is 0.261 e. The quantitative estimate of drug-likeness (QED) is 0.521. The number of aryl methyl sites for hydroxylation is 2. The van der Waals surface area contributed by atoms with Gasteiger partial charge in [-0.1, -0.05) is 15.9 Å². The van der Waals surface area contributed by atoms with Gasteiger partial charge in [0.25, 0.3) is 10.0 Å². The first-order valence-corrected chi connectivity index (χ1v) is 8.63. The van der Waals surface area contributed by atoms with Crippen LogP contribution in [0.5, 0.6) is 0 Å². The highest BCUT2D eigenvalue weighted by atomic mass is 79.9. The van der Waals surface area contributed by atoms with Crippen molar-refractivity contribution in [2.45, 2.75) is 25.4 Å². The van der Waals surface area contributed by atoms with Crippen molar-refractivity contribution < 1.29 is 13.2 Å². The van der Waals surface area contributed by atoms with Crippen LogP contribution in [0.25, 0.3) is 0 Å². The number of aromatic nitrogens is 2. The summed E-state index contributed by atoms with van der Waals surface area (Å²) in [6, 6.07) is 0. The molecule has 0 aliphatic rings. The molecule has 0 bridgehead atoms. The van der Waals surface area contributed by atoms with E-state index in [1.807, 2.05) is 11.5 Å². The number of nitrogens with zero attached hydrogens (tertiary/aromatic N) is 3. The molecule has 1 aromatic rings. The monoisotopic (exact) mass is 353 g/mol. The number of alkyl halides is 1. The number of hydrogen-bond acceptors (Lipinski definition) is 4. The third kappa shape index (κ3) is 4.27. The van der Waals surface area contributed by atoms with Gasteiger partial charge in [0.2, 0.25) is 0 Å². The first kappa shape index (κ1) is 16.6. The molecule has 1 rings (SSSR count). The Balaban J connectivity index is 2.73. The third-order valence-corrected chi connectivity index (χ3v) is 4.79. The van der Waals surface area contributed by atoms with Crippen LogP contribution in [0.2, 0.25) is 0 Å². The van der Waals surface area contributed by atoms with Crippen LogP contribution in [0.3, 0.4) is 0 Å². The lowest BCUT2D eigenvalue weighted by Gasteiger charge is -2.15. The predicted molar refractivity (Wildman–Crippen MR) is 77.1 cm³/mol. The standard InChI is InChI=1S/C11H20BrN3O3S/c1-4-15-9-11(13-10(15)2)19(16,17)14(3)6-8-18-7-5-12/h9H,4-8H2,1-3H3. The van der Waals surface area contributed by atoms with Crippen LogP contribution < -0.4 is 0 Å². The second kappa shape index (κ2) is 7.37. The molecule has 1 aromatic heterocycles. The molecule has 8 heteroatoms. The van der Waals surface area contributed by atoms with Crippen LogP contribution in [0.4, 0.5) is 0 Å². The average molecular weight is 354 g/mol. The van der Waals surface area contributed by atoms with Gasteiger partial charge < -0.3 is 9.30 Å². The zero-order valence-corrected chi connectivity index (χ0v) is 13.9. The first-order chi connectivity index (χ1) is 8.93. The van der Waals surface area contributed by atoms with Crippen molar-refractivity contribution in [1.29, 1.82) is 0 Å². The van der Waals surface area contributed by atoms with Gasteiger partial charge in [-0.25, -0.2) is 13.4 Å². The maximum atomic E-state index is 12.3. The van der Waals surface area contributed by atoms with E-state index in [9.17, 15) is 8.42 Å². The summed E-state index contributed by atoms with van der Waals surface area (Å²) in [6.07, 6.45) is 1.57. The number of sulfonamides is 1. The van der Waals surface area contributed by atoms with E-state index >= 15 is 0 Å². The number of ether oxygens (including phenoxy) is 1. The van der Waals surface area contributed by atoms with E-state index in [-0.39, 0.29) is 5.03 Å². The molecule has 0 atom stereocenters. The van der Waals surface area contributed by atoms with E-state index in [0.29, 0.717) is 32.1 Å². The van der Waals surface area contributed by atoms with Crippen LogP contribution in [-0.2, 0) is 21.3 Å². The van der Waals surface area contributed by atoms with Crippen LogP contribution in [0, 0.1) is 6.92 Å². The number of halogens is 1. The normalized spacial score (nSPS) is 12.3. The van der Waals surface area contributed by atoms with E-state index in [2.05, 4.69) is 20.9 Å². The predicted octanol–water partition coefficient (Wildman–Crippen LogP) is 1.24. The van der Waals surface area contributed by atoms with Crippen LogP contribution in [-0.4, -0.2) is 54.4 Å². The minimum absolute atomic E-state index is 0.0924. The Bertz CT molecular complexity index is 501. The Morgan fingerprint density at radius 1 is 1.47 bits per heavy atom. The van der Waals surface area contributed by atoms with Crippen molar-refractivity contribution in [3.05, 3.63) is 12.0 Å². The number of rotatable bonds is 8. The second-order valence-corrected chi connectivity index (χ2v) is 6.83. The summed E-state index contributed by atoms with van der Waals surface area (Å²) in [5.41, 5.74) is 0. The molecular weight excluding hydrogens is 334 g/mol. The molecule has 0 aliphatic heterocycles. The molecule has 0 unspecified atom stereocenters. The van der Waals surface area contributed by atoms with Crippen LogP contribution in [0.15, 0.2) is 11.2 Å². The number of hydrogen-bond donors (Lipinski definition) is 0. The summed E-state index contributed by atoms with van der Waals surface area (Å²) < 4.78 is 32.9. The molecule has 0 saturated heterocycles. The summed E-state index contributed by atoms with van der Waals surface area (Å²) in [5, 5.41) is 0.832. The highest BCUT2D eigenvalue weighted by Gasteiger charge is 2.24. The van der Waals surface area contributed by atoms with Gasteiger partial charge in [0.1, 0.15) is 5.82 Å². The molecular formula is C11H20BrN3O3S. The molecule has 0 N–H and O–H groups in total. The SMILES string of the molecule is CCn1cc(S(=O)(=O)N(C)CCOCCBr)nc1C. The van der Waals surface area contributed by atoms with E-state index in [0.717, 1.165) is 5.33 Å². The molecule has 0 saturated carbocycles. The molecule has 1 heterocycles. The van der Waals surface area contributed by atoms with E-state index in [4.69, 9.17) is 4.74 Å². The summed E-state index contributed by atoms with van der Waals surface area (Å²) in [5.74, 6) is 0.699. The van der Waals surface area contributed by atoms with E-state index in [1.165, 1.54) is 11.4 Å². The number of imidazole rings is 1.